The molecule has 3 N–H and O–H groups in total. The Kier molecular flexibility index (Phi) is 6.47. The van der Waals surface area contributed by atoms with Gasteiger partial charge in [0, 0.05) is 20.0 Å². The molecule has 3 amide bonds. The van der Waals surface area contributed by atoms with Crippen LogP contribution >= 0.6 is 0 Å². The van der Waals surface area contributed by atoms with Crippen molar-refractivity contribution >= 4 is 17.9 Å². The van der Waals surface area contributed by atoms with E-state index in [0.717, 1.165) is 4.90 Å². The van der Waals surface area contributed by atoms with Gasteiger partial charge in [0.05, 0.1) is 0 Å². The van der Waals surface area contributed by atoms with Gasteiger partial charge in [0.1, 0.15) is 11.6 Å². The van der Waals surface area contributed by atoms with Crippen molar-refractivity contribution in [2.45, 2.75) is 46.3 Å². The molecule has 110 valence electrons. The number of hydrogen-bond acceptors (Lipinski definition) is 5. The normalized spacial score (nSPS) is 12.5. The molecule has 0 aromatic rings. The summed E-state index contributed by atoms with van der Waals surface area (Å²) in [5, 5.41) is 2.38. The van der Waals surface area contributed by atoms with Crippen LogP contribution in [0.15, 0.2) is 0 Å². The second-order valence-electron chi connectivity index (χ2n) is 5.17. The molecular formula is C12H23N3O4. The first-order valence-electron chi connectivity index (χ1n) is 6.10. The maximum atomic E-state index is 12.0. The average molecular weight is 273 g/mol. The molecule has 0 bridgehead atoms. The number of nitrogens with two attached hydrogens (primary N) is 1. The molecule has 0 saturated carbocycles. The van der Waals surface area contributed by atoms with Gasteiger partial charge in [0.15, 0.2) is 0 Å². The van der Waals surface area contributed by atoms with Crippen LogP contribution in [0.5, 0.6) is 0 Å². The lowest BCUT2D eigenvalue weighted by Gasteiger charge is -2.25. The molecule has 0 aromatic carbocycles. The summed E-state index contributed by atoms with van der Waals surface area (Å²) in [6.45, 7) is 8.20. The third-order valence-electron chi connectivity index (χ3n) is 2.10. The Balaban J connectivity index is 4.55. The van der Waals surface area contributed by atoms with Gasteiger partial charge in [-0.2, -0.15) is 0 Å². The lowest BCUT2D eigenvalue weighted by Crippen LogP contribution is -2.50. The molecule has 1 unspecified atom stereocenters. The van der Waals surface area contributed by atoms with Crippen LogP contribution in [-0.2, 0) is 14.3 Å². The molecule has 0 heterocycles. The highest BCUT2D eigenvalue weighted by molar-refractivity contribution is 5.97. The van der Waals surface area contributed by atoms with Gasteiger partial charge in [-0.25, -0.2) is 4.79 Å². The van der Waals surface area contributed by atoms with E-state index in [1.807, 2.05) is 0 Å². The van der Waals surface area contributed by atoms with E-state index in [-0.39, 0.29) is 13.1 Å². The molecule has 19 heavy (non-hydrogen) atoms. The van der Waals surface area contributed by atoms with Crippen molar-refractivity contribution in [2.24, 2.45) is 5.73 Å². The smallest absolute Gasteiger partial charge is 0.408 e. The highest BCUT2D eigenvalue weighted by Crippen LogP contribution is 2.07. The van der Waals surface area contributed by atoms with Crippen LogP contribution in [0.4, 0.5) is 4.79 Å². The Morgan fingerprint density at radius 3 is 2.21 bits per heavy atom. The van der Waals surface area contributed by atoms with Gasteiger partial charge in [-0.1, -0.05) is 0 Å². The van der Waals surface area contributed by atoms with E-state index in [2.05, 4.69) is 5.32 Å². The van der Waals surface area contributed by atoms with Gasteiger partial charge in [-0.15, -0.1) is 0 Å². The van der Waals surface area contributed by atoms with Crippen LogP contribution in [0.25, 0.3) is 0 Å². The number of carbonyl (C=O) groups excluding carboxylic acids is 3. The summed E-state index contributed by atoms with van der Waals surface area (Å²) >= 11 is 0. The SMILES string of the molecule is CC(=O)N(CCN)C(=O)C(C)NC(=O)OC(C)(C)C. The first kappa shape index (κ1) is 17.4. The number of nitrogens with zero attached hydrogens (tertiary/aromatic N) is 1. The predicted octanol–water partition coefficient (Wildman–Crippen LogP) is 0.233. The van der Waals surface area contributed by atoms with E-state index in [9.17, 15) is 14.4 Å². The van der Waals surface area contributed by atoms with Crippen molar-refractivity contribution in [1.29, 1.82) is 0 Å². The molecule has 0 aliphatic heterocycles. The number of rotatable bonds is 4. The zero-order chi connectivity index (χ0) is 15.2. The summed E-state index contributed by atoms with van der Waals surface area (Å²) < 4.78 is 5.03. The number of hydrogen-bond donors (Lipinski definition) is 2. The van der Waals surface area contributed by atoms with Crippen molar-refractivity contribution in [3.63, 3.8) is 0 Å². The van der Waals surface area contributed by atoms with Gasteiger partial charge >= 0.3 is 6.09 Å². The number of amides is 3. The molecule has 0 rings (SSSR count). The number of nitrogens with one attached hydrogen (secondary N) is 1. The Morgan fingerprint density at radius 2 is 1.84 bits per heavy atom. The molecule has 0 aromatic heterocycles. The Labute approximate surface area is 113 Å². The van der Waals surface area contributed by atoms with Crippen LogP contribution in [0.1, 0.15) is 34.6 Å². The minimum atomic E-state index is -0.856. The fourth-order valence-corrected chi connectivity index (χ4v) is 1.33. The highest BCUT2D eigenvalue weighted by Gasteiger charge is 2.26. The number of alkyl carbamates (subject to hydrolysis) is 1. The molecule has 7 heteroatoms. The van der Waals surface area contributed by atoms with E-state index in [0.29, 0.717) is 0 Å². The minimum absolute atomic E-state index is 0.120. The minimum Gasteiger partial charge on any atom is -0.444 e. The maximum Gasteiger partial charge on any atom is 0.408 e. The quantitative estimate of drug-likeness (QED) is 0.763. The van der Waals surface area contributed by atoms with E-state index in [1.54, 1.807) is 20.8 Å². The predicted molar refractivity (Wildman–Crippen MR) is 70.3 cm³/mol. The largest absolute Gasteiger partial charge is 0.444 e. The Hall–Kier alpha value is -1.63. The third-order valence-corrected chi connectivity index (χ3v) is 2.10. The number of imide groups is 1. The lowest BCUT2D eigenvalue weighted by molar-refractivity contribution is -0.144. The Morgan fingerprint density at radius 1 is 1.32 bits per heavy atom. The van der Waals surface area contributed by atoms with Crippen molar-refractivity contribution in [2.75, 3.05) is 13.1 Å². The molecule has 0 radical (unpaired) electrons. The van der Waals surface area contributed by atoms with Crippen molar-refractivity contribution in [1.82, 2.24) is 10.2 Å². The van der Waals surface area contributed by atoms with Crippen molar-refractivity contribution in [3.05, 3.63) is 0 Å². The van der Waals surface area contributed by atoms with E-state index in [1.165, 1.54) is 13.8 Å². The summed E-state index contributed by atoms with van der Waals surface area (Å²) in [7, 11) is 0. The first-order chi connectivity index (χ1) is 8.58. The monoisotopic (exact) mass is 273 g/mol. The maximum absolute atomic E-state index is 12.0. The van der Waals surface area contributed by atoms with E-state index in [4.69, 9.17) is 10.5 Å². The van der Waals surface area contributed by atoms with E-state index < -0.39 is 29.6 Å². The summed E-state index contributed by atoms with van der Waals surface area (Å²) in [6, 6.07) is -0.856. The van der Waals surface area contributed by atoms with Gasteiger partial charge in [-0.05, 0) is 27.7 Å². The molecule has 7 nitrogen and oxygen atoms in total. The number of ether oxygens (including phenoxy) is 1. The van der Waals surface area contributed by atoms with Gasteiger partial charge in [0.25, 0.3) is 5.91 Å². The fraction of sp³-hybridized carbons (Fsp3) is 0.750. The van der Waals surface area contributed by atoms with Crippen molar-refractivity contribution in [3.8, 4) is 0 Å². The van der Waals surface area contributed by atoms with Crippen LogP contribution in [0.2, 0.25) is 0 Å². The molecule has 0 aliphatic rings. The third kappa shape index (κ3) is 6.76. The van der Waals surface area contributed by atoms with E-state index >= 15 is 0 Å². The summed E-state index contributed by atoms with van der Waals surface area (Å²) in [6.07, 6.45) is -0.704. The van der Waals surface area contributed by atoms with Crippen LogP contribution < -0.4 is 11.1 Å². The van der Waals surface area contributed by atoms with Crippen LogP contribution in [0.3, 0.4) is 0 Å². The average Bonchev–Trinajstić information content (AvgIpc) is 2.21. The molecular weight excluding hydrogens is 250 g/mol. The fourth-order valence-electron chi connectivity index (χ4n) is 1.33. The summed E-state index contributed by atoms with van der Waals surface area (Å²) in [5.74, 6) is -0.919. The summed E-state index contributed by atoms with van der Waals surface area (Å²) in [5.41, 5.74) is 4.68. The second-order valence-corrected chi connectivity index (χ2v) is 5.17. The molecule has 0 spiro atoms. The summed E-state index contributed by atoms with van der Waals surface area (Å²) in [4.78, 5) is 35.8. The van der Waals surface area contributed by atoms with Crippen molar-refractivity contribution < 1.29 is 19.1 Å². The molecule has 0 saturated heterocycles. The Bertz CT molecular complexity index is 349. The molecule has 0 fully saturated rings. The van der Waals surface area contributed by atoms with Gasteiger partial charge < -0.3 is 15.8 Å². The first-order valence-corrected chi connectivity index (χ1v) is 6.10. The lowest BCUT2D eigenvalue weighted by atomic mass is 10.2. The van der Waals surface area contributed by atoms with Gasteiger partial charge in [0.2, 0.25) is 5.91 Å². The number of carbonyl (C=O) groups is 3. The highest BCUT2D eigenvalue weighted by atomic mass is 16.6. The zero-order valence-electron chi connectivity index (χ0n) is 12.1. The molecule has 0 aliphatic carbocycles. The van der Waals surface area contributed by atoms with Crippen LogP contribution in [-0.4, -0.2) is 47.5 Å². The van der Waals surface area contributed by atoms with Crippen LogP contribution in [0, 0.1) is 0 Å². The second kappa shape index (κ2) is 7.08. The standard InChI is InChI=1S/C12H23N3O4/c1-8(14-11(18)19-12(3,4)5)10(17)15(7-6-13)9(2)16/h8H,6-7,13H2,1-5H3,(H,14,18). The zero-order valence-corrected chi connectivity index (χ0v) is 12.1. The van der Waals surface area contributed by atoms with Gasteiger partial charge in [-0.3, -0.25) is 14.5 Å². The topological polar surface area (TPSA) is 102 Å². The molecule has 1 atom stereocenters.